The largest absolute Gasteiger partial charge is 0.491 e. The van der Waals surface area contributed by atoms with E-state index >= 15 is 0 Å². The molecule has 0 aromatic heterocycles. The average Bonchev–Trinajstić information content (AvgIpc) is 2.68. The molecule has 4 N–H and O–H groups in total. The molecule has 0 spiro atoms. The zero-order valence-electron chi connectivity index (χ0n) is 15.7. The van der Waals surface area contributed by atoms with Crippen LogP contribution in [0, 0.1) is 0 Å². The molecule has 152 valence electrons. The van der Waals surface area contributed by atoms with Crippen molar-refractivity contribution in [3.63, 3.8) is 0 Å². The Labute approximate surface area is 165 Å². The summed E-state index contributed by atoms with van der Waals surface area (Å²) < 4.78 is 5.43. The zero-order valence-corrected chi connectivity index (χ0v) is 15.7. The van der Waals surface area contributed by atoms with Crippen LogP contribution in [0.25, 0.3) is 0 Å². The smallest absolute Gasteiger partial charge is 0.303 e. The highest BCUT2D eigenvalue weighted by molar-refractivity contribution is 5.66. The molecular weight excluding hydrogens is 360 g/mol. The van der Waals surface area contributed by atoms with Crippen LogP contribution in [-0.4, -0.2) is 51.3 Å². The third-order valence-corrected chi connectivity index (χ3v) is 3.65. The van der Waals surface area contributed by atoms with E-state index in [2.05, 4.69) is 0 Å². The summed E-state index contributed by atoms with van der Waals surface area (Å²) in [5.41, 5.74) is 0. The maximum Gasteiger partial charge on any atom is 0.303 e. The highest BCUT2D eigenvalue weighted by Gasteiger charge is 2.12. The molecule has 28 heavy (non-hydrogen) atoms. The Hall–Kier alpha value is -2.67. The van der Waals surface area contributed by atoms with E-state index < -0.39 is 24.3 Å². The van der Waals surface area contributed by atoms with E-state index in [9.17, 15) is 20.1 Å². The number of hydrogen-bond donors (Lipinski definition) is 4. The van der Waals surface area contributed by atoms with Gasteiger partial charge in [-0.1, -0.05) is 66.8 Å². The van der Waals surface area contributed by atoms with Gasteiger partial charge >= 0.3 is 5.97 Å². The fourth-order valence-electron chi connectivity index (χ4n) is 2.14. The Balaban J connectivity index is 2.22. The van der Waals surface area contributed by atoms with Crippen molar-refractivity contribution in [3.8, 4) is 5.75 Å². The fourth-order valence-corrected chi connectivity index (χ4v) is 2.14. The number of benzene rings is 1. The van der Waals surface area contributed by atoms with Crippen LogP contribution in [0.2, 0.25) is 0 Å². The van der Waals surface area contributed by atoms with E-state index in [0.717, 1.165) is 0 Å². The van der Waals surface area contributed by atoms with Gasteiger partial charge in [-0.25, -0.2) is 0 Å². The molecule has 0 heterocycles. The minimum Gasteiger partial charge on any atom is -0.491 e. The van der Waals surface area contributed by atoms with Gasteiger partial charge in [0, 0.05) is 6.42 Å². The molecule has 0 saturated heterocycles. The van der Waals surface area contributed by atoms with Gasteiger partial charge in [-0.05, 0) is 25.0 Å². The van der Waals surface area contributed by atoms with Crippen molar-refractivity contribution in [3.05, 3.63) is 78.9 Å². The number of aliphatic carboxylic acids is 1. The first-order chi connectivity index (χ1) is 13.5. The predicted octanol–water partition coefficient (Wildman–Crippen LogP) is 2.63. The van der Waals surface area contributed by atoms with Gasteiger partial charge in [-0.3, -0.25) is 4.79 Å². The van der Waals surface area contributed by atoms with Crippen LogP contribution in [0.3, 0.4) is 0 Å². The summed E-state index contributed by atoms with van der Waals surface area (Å²) in [4.78, 5) is 10.4. The van der Waals surface area contributed by atoms with E-state index in [1.807, 2.05) is 30.3 Å². The lowest BCUT2D eigenvalue weighted by molar-refractivity contribution is -0.137. The molecular formula is C22H28O6. The van der Waals surface area contributed by atoms with Crippen molar-refractivity contribution in [1.29, 1.82) is 0 Å². The monoisotopic (exact) mass is 388 g/mol. The molecule has 3 atom stereocenters. The molecule has 6 nitrogen and oxygen atoms in total. The first-order valence-electron chi connectivity index (χ1n) is 9.11. The minimum absolute atomic E-state index is 0.0290. The molecule has 6 heteroatoms. The number of carboxylic acid groups (broad SMARTS) is 1. The van der Waals surface area contributed by atoms with E-state index in [-0.39, 0.29) is 19.4 Å². The lowest BCUT2D eigenvalue weighted by Crippen LogP contribution is -2.23. The first kappa shape index (κ1) is 23.4. The fraction of sp³-hybridized carbons (Fsp3) is 0.318. The van der Waals surface area contributed by atoms with Gasteiger partial charge in [0.2, 0.25) is 0 Å². The molecule has 0 aliphatic rings. The maximum atomic E-state index is 10.4. The Morgan fingerprint density at radius 2 is 1.54 bits per heavy atom. The number of para-hydroxylation sites is 1. The molecule has 1 aromatic carbocycles. The number of carbonyl (C=O) groups is 1. The maximum absolute atomic E-state index is 10.4. The van der Waals surface area contributed by atoms with Crippen LogP contribution in [0.1, 0.15) is 19.3 Å². The third-order valence-electron chi connectivity index (χ3n) is 3.65. The third kappa shape index (κ3) is 11.9. The van der Waals surface area contributed by atoms with E-state index in [1.165, 1.54) is 6.08 Å². The molecule has 0 unspecified atom stereocenters. The Morgan fingerprint density at radius 1 is 0.929 bits per heavy atom. The van der Waals surface area contributed by atoms with Gasteiger partial charge < -0.3 is 25.2 Å². The molecule has 0 bridgehead atoms. The number of rotatable bonds is 13. The van der Waals surface area contributed by atoms with Crippen molar-refractivity contribution in [1.82, 2.24) is 0 Å². The summed E-state index contributed by atoms with van der Waals surface area (Å²) >= 11 is 0. The summed E-state index contributed by atoms with van der Waals surface area (Å²) in [6.45, 7) is 0.166. The van der Waals surface area contributed by atoms with Crippen molar-refractivity contribution >= 4 is 5.97 Å². The van der Waals surface area contributed by atoms with Gasteiger partial charge in [0.05, 0.1) is 12.2 Å². The lowest BCUT2D eigenvalue weighted by Gasteiger charge is -2.13. The molecule has 0 aliphatic carbocycles. The standard InChI is InChI=1S/C22H28O6/c23-18(17-28-19-12-7-5-8-13-19)11-6-3-1-2-4-9-14-20(24)21(25)15-10-16-22(26)27/h1-9,11-14,18,20-21,23-25H,10,15-17H2,(H,26,27)/b3-1-,4-2+,11-6+,14-9+/t18-,20+,21-/m0/s1. The average molecular weight is 388 g/mol. The van der Waals surface area contributed by atoms with Crippen LogP contribution in [0.4, 0.5) is 0 Å². The van der Waals surface area contributed by atoms with Gasteiger partial charge in [0.1, 0.15) is 18.5 Å². The first-order valence-corrected chi connectivity index (χ1v) is 9.11. The van der Waals surface area contributed by atoms with Crippen LogP contribution < -0.4 is 4.74 Å². The highest BCUT2D eigenvalue weighted by Crippen LogP contribution is 2.09. The van der Waals surface area contributed by atoms with Crippen molar-refractivity contribution in [2.45, 2.75) is 37.6 Å². The molecule has 1 aromatic rings. The normalized spacial score (nSPS) is 15.5. The van der Waals surface area contributed by atoms with Crippen LogP contribution in [-0.2, 0) is 4.79 Å². The molecule has 0 radical (unpaired) electrons. The van der Waals surface area contributed by atoms with E-state index in [4.69, 9.17) is 9.84 Å². The molecule has 0 fully saturated rings. The van der Waals surface area contributed by atoms with Crippen molar-refractivity contribution in [2.24, 2.45) is 0 Å². The SMILES string of the molecule is O=C(O)CCC[C@H](O)[C@H](O)/C=C/C=C/C=C\C=C\[C@H](O)COc1ccccc1. The highest BCUT2D eigenvalue weighted by atomic mass is 16.5. The molecule has 0 amide bonds. The van der Waals surface area contributed by atoms with Crippen LogP contribution in [0.15, 0.2) is 78.9 Å². The molecule has 1 rings (SSSR count). The molecule has 0 saturated carbocycles. The predicted molar refractivity (Wildman–Crippen MR) is 108 cm³/mol. The van der Waals surface area contributed by atoms with Crippen LogP contribution in [0.5, 0.6) is 5.75 Å². The number of carboxylic acids is 1. The van der Waals surface area contributed by atoms with Gasteiger partial charge in [0.15, 0.2) is 0 Å². The van der Waals surface area contributed by atoms with E-state index in [0.29, 0.717) is 12.2 Å². The number of ether oxygens (including phenoxy) is 1. The summed E-state index contributed by atoms with van der Waals surface area (Å²) in [6, 6.07) is 9.25. The number of hydrogen-bond acceptors (Lipinski definition) is 5. The number of aliphatic hydroxyl groups is 3. The number of aliphatic hydroxyl groups excluding tert-OH is 3. The number of allylic oxidation sites excluding steroid dienone is 6. The van der Waals surface area contributed by atoms with Gasteiger partial charge in [-0.2, -0.15) is 0 Å². The quantitative estimate of drug-likeness (QED) is 0.387. The summed E-state index contributed by atoms with van der Waals surface area (Å²) in [5, 5.41) is 37.8. The Morgan fingerprint density at radius 3 is 2.18 bits per heavy atom. The second kappa shape index (κ2) is 14.4. The van der Waals surface area contributed by atoms with Gasteiger partial charge in [-0.15, -0.1) is 0 Å². The zero-order chi connectivity index (χ0) is 20.6. The summed E-state index contributed by atoms with van der Waals surface area (Å²) in [6.07, 6.45) is 11.0. The Kier molecular flexibility index (Phi) is 12.0. The minimum atomic E-state index is -1.04. The lowest BCUT2D eigenvalue weighted by atomic mass is 10.1. The van der Waals surface area contributed by atoms with Crippen molar-refractivity contribution < 1.29 is 30.0 Å². The Bertz CT molecular complexity index is 663. The summed E-state index contributed by atoms with van der Waals surface area (Å²) in [5.74, 6) is -0.216. The van der Waals surface area contributed by atoms with Gasteiger partial charge in [0.25, 0.3) is 0 Å². The topological polar surface area (TPSA) is 107 Å². The molecule has 0 aliphatic heterocycles. The second-order valence-electron chi connectivity index (χ2n) is 6.07. The van der Waals surface area contributed by atoms with Crippen molar-refractivity contribution in [2.75, 3.05) is 6.61 Å². The van der Waals surface area contributed by atoms with E-state index in [1.54, 1.807) is 42.5 Å². The van der Waals surface area contributed by atoms with Crippen LogP contribution >= 0.6 is 0 Å². The second-order valence-corrected chi connectivity index (χ2v) is 6.07. The summed E-state index contributed by atoms with van der Waals surface area (Å²) in [7, 11) is 0.